The van der Waals surface area contributed by atoms with Crippen molar-refractivity contribution < 1.29 is 40.9 Å². The van der Waals surface area contributed by atoms with E-state index in [4.69, 9.17) is 0 Å². The molecule has 0 amide bonds. The number of aromatic hydroxyl groups is 8. The van der Waals surface area contributed by atoms with E-state index in [0.717, 1.165) is 0 Å². The van der Waals surface area contributed by atoms with Gasteiger partial charge in [0, 0.05) is 94.5 Å². The molecule has 0 radical (unpaired) electrons. The number of benzene rings is 4. The Bertz CT molecular complexity index is 1360. The van der Waals surface area contributed by atoms with E-state index >= 15 is 0 Å². The van der Waals surface area contributed by atoms with E-state index in [-0.39, 0.29) is 71.7 Å². The minimum absolute atomic E-state index is 0.0769. The summed E-state index contributed by atoms with van der Waals surface area (Å²) in [6.07, 6.45) is 0.307. The minimum Gasteiger partial charge on any atom is -0.508 e. The number of phenolic OH excluding ortho intramolecular Hbond substituents is 8. The zero-order valence-electron chi connectivity index (χ0n) is 22.7. The molecule has 8 heteroatoms. The molecule has 8 N–H and O–H groups in total. The molecule has 1 aliphatic carbocycles. The van der Waals surface area contributed by atoms with Crippen molar-refractivity contribution in [3.63, 3.8) is 0 Å². The molecule has 0 saturated carbocycles. The predicted molar refractivity (Wildman–Crippen MR) is 149 cm³/mol. The second-order valence-electron chi connectivity index (χ2n) is 10.7. The van der Waals surface area contributed by atoms with Crippen LogP contribution in [-0.2, 0) is 25.7 Å². The molecule has 0 fully saturated rings. The third kappa shape index (κ3) is 4.16. The van der Waals surface area contributed by atoms with E-state index in [9.17, 15) is 40.9 Å². The van der Waals surface area contributed by atoms with E-state index in [0.29, 0.717) is 66.8 Å². The van der Waals surface area contributed by atoms with Gasteiger partial charge in [-0.3, -0.25) is 0 Å². The molecular weight excluding hydrogens is 512 g/mol. The summed E-state index contributed by atoms with van der Waals surface area (Å²) in [5, 5.41) is 86.6. The second-order valence-corrected chi connectivity index (χ2v) is 10.7. The second kappa shape index (κ2) is 9.48. The smallest absolute Gasteiger partial charge is 0.123 e. The van der Waals surface area contributed by atoms with Gasteiger partial charge < -0.3 is 40.9 Å². The Hall–Kier alpha value is -4.72. The Morgan fingerprint density at radius 2 is 0.425 bits per heavy atom. The lowest BCUT2D eigenvalue weighted by molar-refractivity contribution is 0.435. The van der Waals surface area contributed by atoms with Crippen LogP contribution in [0.1, 0.15) is 66.8 Å². The number of fused-ring (bicyclic) bond motifs is 8. The van der Waals surface area contributed by atoms with E-state index in [1.165, 1.54) is 24.3 Å². The number of hydrogen-bond donors (Lipinski definition) is 8. The van der Waals surface area contributed by atoms with E-state index in [1.807, 2.05) is 0 Å². The van der Waals surface area contributed by atoms with Crippen LogP contribution in [0, 0.1) is 27.7 Å². The predicted octanol–water partition coefficient (Wildman–Crippen LogP) is 5.24. The quantitative estimate of drug-likeness (QED) is 0.131. The van der Waals surface area contributed by atoms with Crippen LogP contribution >= 0.6 is 0 Å². The molecule has 40 heavy (non-hydrogen) atoms. The molecule has 0 aromatic heterocycles. The van der Waals surface area contributed by atoms with Gasteiger partial charge in [0.25, 0.3) is 0 Å². The average Bonchev–Trinajstić information content (AvgIpc) is 2.85. The van der Waals surface area contributed by atoms with Gasteiger partial charge in [-0.15, -0.1) is 0 Å². The largest absolute Gasteiger partial charge is 0.508 e. The molecule has 208 valence electrons. The molecule has 0 saturated heterocycles. The summed E-state index contributed by atoms with van der Waals surface area (Å²) in [7, 11) is 0. The van der Waals surface area contributed by atoms with Crippen LogP contribution < -0.4 is 0 Å². The van der Waals surface area contributed by atoms with Crippen LogP contribution in [0.25, 0.3) is 0 Å². The van der Waals surface area contributed by atoms with Crippen molar-refractivity contribution in [3.8, 4) is 46.0 Å². The van der Waals surface area contributed by atoms with Crippen molar-refractivity contribution in [2.45, 2.75) is 53.4 Å². The van der Waals surface area contributed by atoms with Gasteiger partial charge in [-0.05, 0) is 49.9 Å². The first-order chi connectivity index (χ1) is 18.8. The third-order valence-corrected chi connectivity index (χ3v) is 8.60. The maximum Gasteiger partial charge on any atom is 0.123 e. The van der Waals surface area contributed by atoms with Crippen molar-refractivity contribution in [2.75, 3.05) is 0 Å². The highest BCUT2D eigenvalue weighted by Gasteiger charge is 2.26. The molecule has 8 nitrogen and oxygen atoms in total. The molecule has 1 aliphatic rings. The fourth-order valence-corrected chi connectivity index (χ4v) is 5.97. The van der Waals surface area contributed by atoms with Crippen molar-refractivity contribution in [2.24, 2.45) is 0 Å². The van der Waals surface area contributed by atoms with Crippen LogP contribution in [0.4, 0.5) is 0 Å². The van der Waals surface area contributed by atoms with Crippen molar-refractivity contribution >= 4 is 0 Å². The summed E-state index contributed by atoms with van der Waals surface area (Å²) < 4.78 is 0. The van der Waals surface area contributed by atoms with Crippen LogP contribution in [-0.4, -0.2) is 40.9 Å². The standard InChI is InChI=1S/C32H32O8/c1-13-17-5-19-14(2)21(29(37)10-27(19)35)7-23-16(4)24(32(40)12-31(23)39)8-22-15(3)20(28(36)11-30(22)38)6-18(13)26(34)9-25(17)33/h9-12,33-40H,5-8H2,1-4H3. The monoisotopic (exact) mass is 544 g/mol. The van der Waals surface area contributed by atoms with Gasteiger partial charge in [-0.1, -0.05) is 0 Å². The summed E-state index contributed by atoms with van der Waals surface area (Å²) in [5.74, 6) is -1.35. The average molecular weight is 545 g/mol. The highest BCUT2D eigenvalue weighted by molar-refractivity contribution is 5.63. The lowest BCUT2D eigenvalue weighted by Gasteiger charge is -2.23. The summed E-state index contributed by atoms with van der Waals surface area (Å²) in [6.45, 7) is 6.94. The third-order valence-electron chi connectivity index (χ3n) is 8.60. The van der Waals surface area contributed by atoms with Gasteiger partial charge in [-0.25, -0.2) is 0 Å². The fourth-order valence-electron chi connectivity index (χ4n) is 5.97. The molecule has 5 rings (SSSR count). The Morgan fingerprint density at radius 3 is 0.550 bits per heavy atom. The van der Waals surface area contributed by atoms with Crippen molar-refractivity contribution in [3.05, 3.63) is 91.0 Å². The zero-order chi connectivity index (χ0) is 29.2. The highest BCUT2D eigenvalue weighted by atomic mass is 16.3. The van der Waals surface area contributed by atoms with E-state index in [1.54, 1.807) is 27.7 Å². The van der Waals surface area contributed by atoms with E-state index < -0.39 is 0 Å². The van der Waals surface area contributed by atoms with Crippen molar-refractivity contribution in [1.29, 1.82) is 0 Å². The van der Waals surface area contributed by atoms with Gasteiger partial charge in [0.05, 0.1) is 0 Å². The normalized spacial score (nSPS) is 12.9. The lowest BCUT2D eigenvalue weighted by atomic mass is 9.84. The zero-order valence-corrected chi connectivity index (χ0v) is 22.7. The molecule has 0 heterocycles. The topological polar surface area (TPSA) is 162 Å². The van der Waals surface area contributed by atoms with Crippen LogP contribution in [0.15, 0.2) is 24.3 Å². The maximum atomic E-state index is 10.8. The Balaban J connectivity index is 1.88. The van der Waals surface area contributed by atoms with Gasteiger partial charge >= 0.3 is 0 Å². The number of phenols is 8. The van der Waals surface area contributed by atoms with Gasteiger partial charge in [0.1, 0.15) is 46.0 Å². The molecule has 4 aromatic rings. The molecule has 0 spiro atoms. The van der Waals surface area contributed by atoms with Gasteiger partial charge in [0.2, 0.25) is 0 Å². The first-order valence-corrected chi connectivity index (χ1v) is 12.9. The maximum absolute atomic E-state index is 10.8. The molecule has 0 atom stereocenters. The SMILES string of the molecule is Cc1c2c(O)cc(O)c1Cc1c(O)cc(O)c(c1C)Cc1c(O)cc(O)c(c1C)Cc1c(O)cc(O)c(c1C)C2. The van der Waals surface area contributed by atoms with Crippen molar-refractivity contribution in [1.82, 2.24) is 0 Å². The van der Waals surface area contributed by atoms with Gasteiger partial charge in [-0.2, -0.15) is 0 Å². The summed E-state index contributed by atoms with van der Waals surface area (Å²) in [5.41, 5.74) is 5.88. The molecule has 4 aromatic carbocycles. The minimum atomic E-state index is -0.169. The van der Waals surface area contributed by atoms with Gasteiger partial charge in [0.15, 0.2) is 0 Å². The number of hydrogen-bond acceptors (Lipinski definition) is 8. The Morgan fingerprint density at radius 1 is 0.300 bits per heavy atom. The summed E-state index contributed by atoms with van der Waals surface area (Å²) >= 11 is 0. The van der Waals surface area contributed by atoms with Crippen LogP contribution in [0.3, 0.4) is 0 Å². The summed E-state index contributed by atoms with van der Waals surface area (Å²) in [6, 6.07) is 4.91. The molecular formula is C32H32O8. The Labute approximate surface area is 231 Å². The highest BCUT2D eigenvalue weighted by Crippen LogP contribution is 2.44. The van der Waals surface area contributed by atoms with E-state index in [2.05, 4.69) is 0 Å². The first-order valence-electron chi connectivity index (χ1n) is 12.9. The first kappa shape index (κ1) is 26.9. The van der Waals surface area contributed by atoms with Crippen LogP contribution in [0.2, 0.25) is 0 Å². The Kier molecular flexibility index (Phi) is 6.37. The fraction of sp³-hybridized carbons (Fsp3) is 0.250. The van der Waals surface area contributed by atoms with Crippen LogP contribution in [0.5, 0.6) is 46.0 Å². The summed E-state index contributed by atoms with van der Waals surface area (Å²) in [4.78, 5) is 0. The molecule has 8 bridgehead atoms. The molecule has 0 unspecified atom stereocenters. The lowest BCUT2D eigenvalue weighted by Crippen LogP contribution is -2.07. The molecule has 0 aliphatic heterocycles. The number of rotatable bonds is 0.